The van der Waals surface area contributed by atoms with Crippen molar-refractivity contribution in [2.75, 3.05) is 37.7 Å². The zero-order valence-electron chi connectivity index (χ0n) is 44.2. The molecule has 394 valence electrons. The number of hydrogen-bond donors (Lipinski definition) is 2. The Balaban J connectivity index is 0.966. The Labute approximate surface area is 448 Å². The Hall–Kier alpha value is -2.66. The van der Waals surface area contributed by atoms with Gasteiger partial charge in [-0.2, -0.15) is 0 Å². The van der Waals surface area contributed by atoms with E-state index in [1.807, 2.05) is 0 Å². The molecule has 10 heterocycles. The number of nitrogens with zero attached hydrogens (tertiary/aromatic N) is 2. The number of ether oxygens (including phenoxy) is 2. The van der Waals surface area contributed by atoms with E-state index >= 15 is 9.59 Å². The highest BCUT2D eigenvalue weighted by Gasteiger charge is 2.94. The van der Waals surface area contributed by atoms with Crippen LogP contribution in [0.1, 0.15) is 170 Å². The largest absolute Gasteiger partial charge is 0.509 e. The SMILES string of the molecule is CC1CC2=C3C4C5=C6C7CC14CC1CSSCC4CCCCC4C(C=C17)CC1C64C(=O)OC(=C(O)CC(C6CCC7(CCCC7)C6)N6CC7CC(C6)C(CC2)N3C7)C4(CC5)C12OC(=O)c1c(CCCN)cccc12. The third kappa shape index (κ3) is 5.56. The van der Waals surface area contributed by atoms with Gasteiger partial charge in [-0.25, -0.2) is 4.79 Å². The number of aliphatic hydroxyl groups excluding tert-OH is 1. The second-order valence-electron chi connectivity index (χ2n) is 28.5. The standard InChI is InChI=1S/C64H81N3O5S2/c1-35-22-38-13-14-49-42-23-36-30-66(32-42)50(39-15-19-60(27-39)17-4-5-18-60)26-51(68)57-62-20-16-45-54-47-29-61(35,55(45)56(38)67(49)31-36)28-43-34-74-73-33-40-8-2-3-11-44(40)41(24-46(43)47)25-52(63(54,62)59(70)71-57)64(62)48-12-6-9-37(10-7-21-65)53(48)58(69)72-64/h6,9,12,24,35-36,39-44,47,49-50,52,55,68H,2-5,7-8,10-11,13-23,25-34,65H2,1H3. The summed E-state index contributed by atoms with van der Waals surface area (Å²) in [7, 11) is 4.35. The van der Waals surface area contributed by atoms with E-state index in [4.69, 9.17) is 15.2 Å². The maximum Gasteiger partial charge on any atom is 0.339 e. The number of hydrogen-bond acceptors (Lipinski definition) is 10. The first-order valence-electron chi connectivity index (χ1n) is 30.8. The Morgan fingerprint density at radius 2 is 1.74 bits per heavy atom. The van der Waals surface area contributed by atoms with Gasteiger partial charge in [0.25, 0.3) is 0 Å². The topological polar surface area (TPSA) is 105 Å². The minimum atomic E-state index is -1.14. The summed E-state index contributed by atoms with van der Waals surface area (Å²) in [5, 5.41) is 13.9. The maximum atomic E-state index is 16.9. The van der Waals surface area contributed by atoms with Gasteiger partial charge in [0.05, 0.1) is 11.0 Å². The fourth-order valence-corrected chi connectivity index (χ4v) is 26.7. The van der Waals surface area contributed by atoms with E-state index in [0.29, 0.717) is 95.8 Å². The van der Waals surface area contributed by atoms with Crippen molar-refractivity contribution in [3.05, 3.63) is 80.5 Å². The minimum Gasteiger partial charge on any atom is -0.509 e. The molecule has 18 atom stereocenters. The minimum absolute atomic E-state index is 0.112. The predicted molar refractivity (Wildman–Crippen MR) is 290 cm³/mol. The molecule has 74 heavy (non-hydrogen) atoms. The van der Waals surface area contributed by atoms with E-state index in [2.05, 4.69) is 62.6 Å². The molecule has 9 aliphatic carbocycles. The molecule has 5 spiro atoms. The summed E-state index contributed by atoms with van der Waals surface area (Å²) in [5.41, 5.74) is 14.4. The molecule has 3 N–H and O–H groups in total. The van der Waals surface area contributed by atoms with Crippen molar-refractivity contribution in [1.82, 2.24) is 9.80 Å². The highest BCUT2D eigenvalue weighted by atomic mass is 33.1. The van der Waals surface area contributed by atoms with Crippen molar-refractivity contribution >= 4 is 33.5 Å². The van der Waals surface area contributed by atoms with Gasteiger partial charge in [0, 0.05) is 78.7 Å². The zero-order valence-corrected chi connectivity index (χ0v) is 45.8. The smallest absolute Gasteiger partial charge is 0.339 e. The molecule has 10 heteroatoms. The number of nitrogens with two attached hydrogens (primary N) is 1. The summed E-state index contributed by atoms with van der Waals surface area (Å²) in [4.78, 5) is 38.4. The molecule has 5 saturated carbocycles. The van der Waals surface area contributed by atoms with E-state index < -0.39 is 16.4 Å². The first kappa shape index (κ1) is 46.3. The first-order chi connectivity index (χ1) is 36.1. The molecule has 0 aromatic heterocycles. The Morgan fingerprint density at radius 3 is 2.64 bits per heavy atom. The van der Waals surface area contributed by atoms with Crippen LogP contribution in [-0.4, -0.2) is 76.6 Å². The Morgan fingerprint density at radius 1 is 0.865 bits per heavy atom. The third-order valence-electron chi connectivity index (χ3n) is 26.1. The monoisotopic (exact) mass is 1040 g/mol. The second kappa shape index (κ2) is 16.0. The summed E-state index contributed by atoms with van der Waals surface area (Å²) in [6.45, 7) is 6.57. The van der Waals surface area contributed by atoms with Gasteiger partial charge in [-0.05, 0) is 191 Å². The summed E-state index contributed by atoms with van der Waals surface area (Å²) in [6, 6.07) is 7.26. The number of piperidine rings is 2. The molecule has 8 nitrogen and oxygen atoms in total. The van der Waals surface area contributed by atoms with Crippen LogP contribution < -0.4 is 5.73 Å². The molecule has 0 amide bonds. The van der Waals surface area contributed by atoms with Crippen molar-refractivity contribution in [2.24, 2.45) is 92.5 Å². The number of aliphatic hydroxyl groups is 1. The number of benzene rings is 1. The lowest BCUT2D eigenvalue weighted by Gasteiger charge is -2.75. The maximum absolute atomic E-state index is 16.9. The molecular formula is C64H81N3O5S2. The number of carbonyl (C=O) groups excluding carboxylic acids is 2. The van der Waals surface area contributed by atoms with E-state index in [-0.39, 0.29) is 47.1 Å². The molecule has 20 rings (SSSR count). The predicted octanol–water partition coefficient (Wildman–Crippen LogP) is 12.6. The molecular weight excluding hydrogens is 955 g/mol. The highest BCUT2D eigenvalue weighted by Crippen LogP contribution is 2.90. The molecule has 19 aliphatic rings. The molecule has 1 aromatic rings. The van der Waals surface area contributed by atoms with Gasteiger partial charge in [-0.3, -0.25) is 9.69 Å². The molecule has 8 fully saturated rings. The number of fused-ring (bicyclic) bond motifs is 6. The van der Waals surface area contributed by atoms with Crippen molar-refractivity contribution < 1.29 is 24.2 Å². The summed E-state index contributed by atoms with van der Waals surface area (Å²) >= 11 is 0. The lowest BCUT2D eigenvalue weighted by atomic mass is 9.26. The van der Waals surface area contributed by atoms with Crippen LogP contribution in [0.4, 0.5) is 0 Å². The quantitative estimate of drug-likeness (QED) is 0.172. The van der Waals surface area contributed by atoms with Crippen LogP contribution in [0.25, 0.3) is 0 Å². The van der Waals surface area contributed by atoms with E-state index in [1.54, 1.807) is 22.4 Å². The fourth-order valence-electron chi connectivity index (χ4n) is 23.8. The van der Waals surface area contributed by atoms with Gasteiger partial charge < -0.3 is 25.2 Å². The van der Waals surface area contributed by atoms with Crippen LogP contribution in [-0.2, 0) is 26.3 Å². The van der Waals surface area contributed by atoms with Crippen LogP contribution in [0, 0.1) is 86.8 Å². The van der Waals surface area contributed by atoms with Gasteiger partial charge in [0.1, 0.15) is 11.2 Å². The van der Waals surface area contributed by atoms with Crippen molar-refractivity contribution in [3.63, 3.8) is 0 Å². The summed E-state index contributed by atoms with van der Waals surface area (Å²) < 4.78 is 14.9. The summed E-state index contributed by atoms with van der Waals surface area (Å²) in [6.07, 6.45) is 28.9. The molecule has 18 unspecified atom stereocenters. The third-order valence-corrected chi connectivity index (χ3v) is 28.7. The van der Waals surface area contributed by atoms with Gasteiger partial charge in [-0.15, -0.1) is 0 Å². The molecule has 3 saturated heterocycles. The fraction of sp³-hybridized carbons (Fsp3) is 0.750. The van der Waals surface area contributed by atoms with Crippen LogP contribution >= 0.6 is 21.6 Å². The van der Waals surface area contributed by atoms with E-state index in [0.717, 1.165) is 62.2 Å². The molecule has 0 radical (unpaired) electrons. The van der Waals surface area contributed by atoms with Gasteiger partial charge in [-0.1, -0.05) is 95.2 Å². The van der Waals surface area contributed by atoms with Gasteiger partial charge >= 0.3 is 11.9 Å². The molecule has 10 aliphatic heterocycles. The zero-order chi connectivity index (χ0) is 49.3. The lowest BCUT2D eigenvalue weighted by molar-refractivity contribution is -0.284. The highest BCUT2D eigenvalue weighted by molar-refractivity contribution is 8.76. The lowest BCUT2D eigenvalue weighted by Crippen LogP contribution is -2.78. The van der Waals surface area contributed by atoms with Crippen molar-refractivity contribution in [3.8, 4) is 0 Å². The molecule has 1 aromatic carbocycles. The van der Waals surface area contributed by atoms with Crippen LogP contribution in [0.5, 0.6) is 0 Å². The number of rotatable bonds is 4. The average Bonchev–Trinajstić information content (AvgIpc) is 3.34. The first-order valence-corrected chi connectivity index (χ1v) is 33.2. The molecule has 16 bridgehead atoms. The average molecular weight is 1040 g/mol. The van der Waals surface area contributed by atoms with Crippen LogP contribution in [0.2, 0.25) is 0 Å². The number of esters is 2. The van der Waals surface area contributed by atoms with Crippen molar-refractivity contribution in [2.45, 2.75) is 172 Å². The number of allylic oxidation sites excluding steroid dienone is 4. The Kier molecular flexibility index (Phi) is 10.0. The van der Waals surface area contributed by atoms with Crippen LogP contribution in [0.3, 0.4) is 0 Å². The number of carbonyl (C=O) groups is 2. The second-order valence-corrected chi connectivity index (χ2v) is 31.1. The number of aryl methyl sites for hydroxylation is 1. The van der Waals surface area contributed by atoms with Crippen LogP contribution in [0.15, 0.2) is 63.8 Å². The summed E-state index contributed by atoms with van der Waals surface area (Å²) in [5.74, 6) is 7.08. The van der Waals surface area contributed by atoms with E-state index in [9.17, 15) is 5.11 Å². The van der Waals surface area contributed by atoms with Gasteiger partial charge in [0.2, 0.25) is 0 Å². The van der Waals surface area contributed by atoms with Crippen molar-refractivity contribution in [1.29, 1.82) is 0 Å². The normalized spacial score (nSPS) is 48.4. The van der Waals surface area contributed by atoms with Gasteiger partial charge in [0.15, 0.2) is 11.4 Å². The Bertz CT molecular complexity index is 2790. The van der Waals surface area contributed by atoms with E-state index in [1.165, 1.54) is 114 Å².